The van der Waals surface area contributed by atoms with E-state index in [1.165, 1.54) is 11.0 Å². The highest BCUT2D eigenvalue weighted by Gasteiger charge is 2.33. The molecule has 1 saturated heterocycles. The van der Waals surface area contributed by atoms with Gasteiger partial charge in [0.15, 0.2) is 5.78 Å². The summed E-state index contributed by atoms with van der Waals surface area (Å²) < 4.78 is 20.3. The largest absolute Gasteiger partial charge is 0.442 e. The van der Waals surface area contributed by atoms with Crippen molar-refractivity contribution in [3.8, 4) is 0 Å². The first-order valence-electron chi connectivity index (χ1n) is 12.2. The van der Waals surface area contributed by atoms with Crippen molar-refractivity contribution in [3.63, 3.8) is 0 Å². The first kappa shape index (κ1) is 25.9. The number of carbonyl (C=O) groups is 3. The second-order valence-electron chi connectivity index (χ2n) is 9.19. The predicted octanol–water partition coefficient (Wildman–Crippen LogP) is 4.88. The zero-order valence-corrected chi connectivity index (χ0v) is 20.9. The molecule has 1 N–H and O–H groups in total. The van der Waals surface area contributed by atoms with Crippen LogP contribution in [0.3, 0.4) is 0 Å². The molecule has 1 aliphatic heterocycles. The summed E-state index contributed by atoms with van der Waals surface area (Å²) in [5.74, 6) is -0.848. The van der Waals surface area contributed by atoms with E-state index in [4.69, 9.17) is 4.74 Å². The Balaban J connectivity index is 1.27. The number of rotatable bonds is 10. The van der Waals surface area contributed by atoms with Crippen LogP contribution in [0.2, 0.25) is 0 Å². The minimum Gasteiger partial charge on any atom is -0.442 e. The van der Waals surface area contributed by atoms with Crippen LogP contribution in [0.1, 0.15) is 34.3 Å². The minimum absolute atomic E-state index is 0.0419. The Morgan fingerprint density at radius 1 is 1.05 bits per heavy atom. The molecule has 0 aromatic heterocycles. The highest BCUT2D eigenvalue weighted by Crippen LogP contribution is 2.28. The van der Waals surface area contributed by atoms with Crippen LogP contribution in [-0.2, 0) is 16.1 Å². The molecule has 0 saturated carbocycles. The van der Waals surface area contributed by atoms with Crippen molar-refractivity contribution in [1.82, 2.24) is 5.32 Å². The van der Waals surface area contributed by atoms with Crippen molar-refractivity contribution in [2.45, 2.75) is 32.4 Å². The number of benzene rings is 3. The van der Waals surface area contributed by atoms with Crippen LogP contribution in [0, 0.1) is 12.7 Å². The smallest absolute Gasteiger partial charge is 0.414 e. The van der Waals surface area contributed by atoms with Gasteiger partial charge in [-0.3, -0.25) is 14.5 Å². The third-order valence-electron chi connectivity index (χ3n) is 6.27. The standard InChI is InChI=1S/C29H30FN3O4/c1-20-8-10-22(11-9-20)27(34)14-15-28(35)31-17-24-19-33(29(36)37-24)23-12-13-26(25(30)16-23)32(2)18-21-6-4-3-5-7-21/h3-13,16,24H,14-15,17-19H2,1-2H3,(H,31,35). The van der Waals surface area contributed by atoms with E-state index in [0.717, 1.165) is 11.1 Å². The molecule has 8 heteroatoms. The van der Waals surface area contributed by atoms with E-state index in [0.29, 0.717) is 23.5 Å². The van der Waals surface area contributed by atoms with Crippen molar-refractivity contribution < 1.29 is 23.5 Å². The Kier molecular flexibility index (Phi) is 8.18. The number of cyclic esters (lactones) is 1. The third-order valence-corrected chi connectivity index (χ3v) is 6.27. The molecule has 1 unspecified atom stereocenters. The van der Waals surface area contributed by atoms with Crippen molar-refractivity contribution in [1.29, 1.82) is 0 Å². The average Bonchev–Trinajstić information content (AvgIpc) is 3.27. The van der Waals surface area contributed by atoms with Crippen molar-refractivity contribution in [2.24, 2.45) is 0 Å². The fourth-order valence-electron chi connectivity index (χ4n) is 4.18. The maximum absolute atomic E-state index is 14.9. The van der Waals surface area contributed by atoms with Gasteiger partial charge in [0.05, 0.1) is 24.5 Å². The Morgan fingerprint density at radius 3 is 2.49 bits per heavy atom. The minimum atomic E-state index is -0.599. The van der Waals surface area contributed by atoms with Gasteiger partial charge in [0.25, 0.3) is 0 Å². The number of Topliss-reactive ketones (excluding diaryl/α,β-unsaturated/α-hetero) is 1. The van der Waals surface area contributed by atoms with Crippen molar-refractivity contribution in [3.05, 3.63) is 95.3 Å². The van der Waals surface area contributed by atoms with E-state index < -0.39 is 18.0 Å². The van der Waals surface area contributed by atoms with Crippen LogP contribution in [-0.4, -0.2) is 44.0 Å². The van der Waals surface area contributed by atoms with Crippen LogP contribution >= 0.6 is 0 Å². The Hall–Kier alpha value is -4.20. The number of aryl methyl sites for hydroxylation is 1. The van der Waals surface area contributed by atoms with Crippen LogP contribution < -0.4 is 15.1 Å². The number of halogens is 1. The van der Waals surface area contributed by atoms with Gasteiger partial charge in [0.1, 0.15) is 11.9 Å². The normalized spacial score (nSPS) is 14.8. The van der Waals surface area contributed by atoms with Crippen molar-refractivity contribution >= 4 is 29.2 Å². The first-order valence-corrected chi connectivity index (χ1v) is 12.2. The Labute approximate surface area is 215 Å². The molecular weight excluding hydrogens is 473 g/mol. The summed E-state index contributed by atoms with van der Waals surface area (Å²) in [6.07, 6.45) is -1.04. The van der Waals surface area contributed by atoms with Gasteiger partial charge in [-0.2, -0.15) is 0 Å². The summed E-state index contributed by atoms with van der Waals surface area (Å²) in [7, 11) is 1.81. The number of ether oxygens (including phenoxy) is 1. The van der Waals surface area contributed by atoms with Crippen molar-refractivity contribution in [2.75, 3.05) is 29.9 Å². The van der Waals surface area contributed by atoms with Gasteiger partial charge in [0, 0.05) is 32.0 Å². The molecule has 7 nitrogen and oxygen atoms in total. The molecule has 0 radical (unpaired) electrons. The Bertz CT molecular complexity index is 1260. The number of amides is 2. The second kappa shape index (κ2) is 11.7. The van der Waals surface area contributed by atoms with Crippen LogP contribution in [0.5, 0.6) is 0 Å². The van der Waals surface area contributed by atoms with Gasteiger partial charge in [0.2, 0.25) is 5.91 Å². The third kappa shape index (κ3) is 6.73. The van der Waals surface area contributed by atoms with Crippen LogP contribution in [0.4, 0.5) is 20.6 Å². The molecule has 1 heterocycles. The van der Waals surface area contributed by atoms with Gasteiger partial charge in [-0.25, -0.2) is 9.18 Å². The summed E-state index contributed by atoms with van der Waals surface area (Å²) in [5.41, 5.74) is 3.49. The fraction of sp³-hybridized carbons (Fsp3) is 0.276. The van der Waals surface area contributed by atoms with E-state index in [9.17, 15) is 18.8 Å². The lowest BCUT2D eigenvalue weighted by molar-refractivity contribution is -0.121. The van der Waals surface area contributed by atoms with Gasteiger partial charge >= 0.3 is 6.09 Å². The number of anilines is 2. The number of hydrogen-bond acceptors (Lipinski definition) is 5. The molecule has 1 atom stereocenters. The number of ketones is 1. The molecule has 3 aromatic carbocycles. The van der Waals surface area contributed by atoms with E-state index >= 15 is 0 Å². The monoisotopic (exact) mass is 503 g/mol. The topological polar surface area (TPSA) is 79.0 Å². The SMILES string of the molecule is Cc1ccc(C(=O)CCC(=O)NCC2CN(c3ccc(N(C)Cc4ccccc4)c(F)c3)C(=O)O2)cc1. The lowest BCUT2D eigenvalue weighted by atomic mass is 10.0. The Morgan fingerprint density at radius 2 is 1.78 bits per heavy atom. The second-order valence-corrected chi connectivity index (χ2v) is 9.19. The number of carbonyl (C=O) groups excluding carboxylic acids is 3. The number of nitrogens with zero attached hydrogens (tertiary/aromatic N) is 2. The van der Waals surface area contributed by atoms with Gasteiger partial charge in [-0.1, -0.05) is 60.2 Å². The molecule has 3 aromatic rings. The number of nitrogens with one attached hydrogen (secondary N) is 1. The molecule has 37 heavy (non-hydrogen) atoms. The zero-order valence-electron chi connectivity index (χ0n) is 20.9. The van der Waals surface area contributed by atoms with E-state index in [1.54, 1.807) is 29.2 Å². The lowest BCUT2D eigenvalue weighted by Crippen LogP contribution is -2.34. The molecule has 4 rings (SSSR count). The lowest BCUT2D eigenvalue weighted by Gasteiger charge is -2.21. The van der Waals surface area contributed by atoms with Gasteiger partial charge in [-0.15, -0.1) is 0 Å². The summed E-state index contributed by atoms with van der Waals surface area (Å²) in [6.45, 7) is 2.78. The highest BCUT2D eigenvalue weighted by atomic mass is 19.1. The quantitative estimate of drug-likeness (QED) is 0.399. The molecule has 1 fully saturated rings. The van der Waals surface area contributed by atoms with Gasteiger partial charge < -0.3 is 15.0 Å². The molecule has 1 aliphatic rings. The van der Waals surface area contributed by atoms with Crippen LogP contribution in [0.15, 0.2) is 72.8 Å². The fourth-order valence-corrected chi connectivity index (χ4v) is 4.18. The van der Waals surface area contributed by atoms with E-state index in [-0.39, 0.29) is 37.6 Å². The maximum Gasteiger partial charge on any atom is 0.414 e. The highest BCUT2D eigenvalue weighted by molar-refractivity contribution is 5.98. The molecular formula is C29H30FN3O4. The average molecular weight is 504 g/mol. The molecule has 2 amide bonds. The molecule has 192 valence electrons. The maximum atomic E-state index is 14.9. The number of hydrogen-bond donors (Lipinski definition) is 1. The predicted molar refractivity (Wildman–Crippen MR) is 140 cm³/mol. The van der Waals surface area contributed by atoms with Gasteiger partial charge in [-0.05, 0) is 30.7 Å². The van der Waals surface area contributed by atoms with E-state index in [2.05, 4.69) is 5.32 Å². The summed E-state index contributed by atoms with van der Waals surface area (Å²) in [6, 6.07) is 21.6. The first-order chi connectivity index (χ1) is 17.8. The summed E-state index contributed by atoms with van der Waals surface area (Å²) >= 11 is 0. The summed E-state index contributed by atoms with van der Waals surface area (Å²) in [5, 5.41) is 2.72. The van der Waals surface area contributed by atoms with Crippen LogP contribution in [0.25, 0.3) is 0 Å². The zero-order chi connectivity index (χ0) is 26.4. The molecule has 0 bridgehead atoms. The molecule has 0 aliphatic carbocycles. The van der Waals surface area contributed by atoms with E-state index in [1.807, 2.05) is 56.4 Å². The summed E-state index contributed by atoms with van der Waals surface area (Å²) in [4.78, 5) is 40.1. The molecule has 0 spiro atoms.